The molecule has 1 N–H and O–H groups in total. The van der Waals surface area contributed by atoms with Gasteiger partial charge in [-0.3, -0.25) is 9.69 Å². The molecule has 0 bridgehead atoms. The minimum atomic E-state index is -0.766. The molecule has 0 aliphatic carbocycles. The summed E-state index contributed by atoms with van der Waals surface area (Å²) >= 11 is 0. The smallest absolute Gasteiger partial charge is 0.254 e. The third kappa shape index (κ3) is 4.64. The van der Waals surface area contributed by atoms with Crippen molar-refractivity contribution in [1.29, 1.82) is 0 Å². The summed E-state index contributed by atoms with van der Waals surface area (Å²) in [7, 11) is 0. The Balaban J connectivity index is 1.45. The maximum atomic E-state index is 13.9. The van der Waals surface area contributed by atoms with E-state index in [0.29, 0.717) is 12.4 Å². The lowest BCUT2D eigenvalue weighted by atomic mass is 10.1. The highest BCUT2D eigenvalue weighted by molar-refractivity contribution is 5.94. The van der Waals surface area contributed by atoms with E-state index >= 15 is 0 Å². The van der Waals surface area contributed by atoms with Crippen molar-refractivity contribution in [2.75, 3.05) is 13.1 Å². The summed E-state index contributed by atoms with van der Waals surface area (Å²) < 4.78 is 29.4. The molecular formula is C23H25F2N5O. The molecule has 1 unspecified atom stereocenters. The van der Waals surface area contributed by atoms with Crippen molar-refractivity contribution in [1.82, 2.24) is 25.0 Å². The molecule has 1 aliphatic heterocycles. The number of hydrogen-bond donors (Lipinski definition) is 1. The Labute approximate surface area is 179 Å². The van der Waals surface area contributed by atoms with Gasteiger partial charge in [0, 0.05) is 32.6 Å². The molecule has 8 heteroatoms. The maximum absolute atomic E-state index is 13.9. The number of hydrogen-bond acceptors (Lipinski definition) is 4. The van der Waals surface area contributed by atoms with Crippen LogP contribution in [0.1, 0.15) is 46.1 Å². The van der Waals surface area contributed by atoms with Gasteiger partial charge in [0.1, 0.15) is 17.5 Å². The van der Waals surface area contributed by atoms with Gasteiger partial charge in [-0.25, -0.2) is 8.78 Å². The Morgan fingerprint density at radius 3 is 2.74 bits per heavy atom. The van der Waals surface area contributed by atoms with Gasteiger partial charge in [0.05, 0.1) is 11.6 Å². The number of halogens is 2. The van der Waals surface area contributed by atoms with E-state index in [1.54, 1.807) is 6.92 Å². The van der Waals surface area contributed by atoms with Crippen molar-refractivity contribution in [3.8, 4) is 0 Å². The molecular weight excluding hydrogens is 400 g/mol. The molecule has 0 saturated heterocycles. The summed E-state index contributed by atoms with van der Waals surface area (Å²) in [5.74, 6) is -0.641. The Morgan fingerprint density at radius 1 is 1.13 bits per heavy atom. The first kappa shape index (κ1) is 21.1. The van der Waals surface area contributed by atoms with Gasteiger partial charge < -0.3 is 9.88 Å². The van der Waals surface area contributed by atoms with E-state index in [9.17, 15) is 13.6 Å². The monoisotopic (exact) mass is 425 g/mol. The third-order valence-corrected chi connectivity index (χ3v) is 5.71. The molecule has 162 valence electrons. The quantitative estimate of drug-likeness (QED) is 0.681. The molecule has 0 fully saturated rings. The number of carbonyl (C=O) groups is 1. The van der Waals surface area contributed by atoms with E-state index in [2.05, 4.69) is 45.5 Å². The van der Waals surface area contributed by atoms with E-state index in [1.807, 2.05) is 10.6 Å². The molecule has 3 aromatic rings. The van der Waals surface area contributed by atoms with Crippen molar-refractivity contribution in [2.24, 2.45) is 0 Å². The standard InChI is InChI=1S/C23H25F2N5O/c1-15-5-3-4-6-17(15)14-29-10-9-21-27-28-22(30(21)12-11-29)16(2)26-23(31)19-13-18(24)7-8-20(19)25/h3-8,13,16H,9-12,14H2,1-2H3,(H,26,31). The van der Waals surface area contributed by atoms with Crippen LogP contribution in [0.25, 0.3) is 0 Å². The van der Waals surface area contributed by atoms with Crippen LogP contribution in [-0.4, -0.2) is 38.7 Å². The van der Waals surface area contributed by atoms with E-state index < -0.39 is 23.6 Å². The summed E-state index contributed by atoms with van der Waals surface area (Å²) in [6.45, 7) is 7.13. The maximum Gasteiger partial charge on any atom is 0.254 e. The minimum absolute atomic E-state index is 0.327. The number of nitrogens with one attached hydrogen (secondary N) is 1. The van der Waals surface area contributed by atoms with E-state index in [-0.39, 0.29) is 5.56 Å². The second-order valence-corrected chi connectivity index (χ2v) is 7.90. The van der Waals surface area contributed by atoms with Crippen molar-refractivity contribution in [3.63, 3.8) is 0 Å². The van der Waals surface area contributed by atoms with Crippen LogP contribution in [0.15, 0.2) is 42.5 Å². The van der Waals surface area contributed by atoms with Gasteiger partial charge in [-0.15, -0.1) is 10.2 Å². The summed E-state index contributed by atoms with van der Waals surface area (Å²) in [4.78, 5) is 14.8. The number of nitrogens with zero attached hydrogens (tertiary/aromatic N) is 4. The van der Waals surface area contributed by atoms with E-state index in [4.69, 9.17) is 0 Å². The van der Waals surface area contributed by atoms with Crippen molar-refractivity contribution in [3.05, 3.63) is 82.4 Å². The van der Waals surface area contributed by atoms with Gasteiger partial charge in [-0.05, 0) is 43.2 Å². The Morgan fingerprint density at radius 2 is 1.94 bits per heavy atom. The molecule has 2 aromatic carbocycles. The third-order valence-electron chi connectivity index (χ3n) is 5.71. The topological polar surface area (TPSA) is 63.1 Å². The first-order valence-electron chi connectivity index (χ1n) is 10.4. The molecule has 4 rings (SSSR count). The minimum Gasteiger partial charge on any atom is -0.342 e. The zero-order chi connectivity index (χ0) is 22.0. The fourth-order valence-corrected chi connectivity index (χ4v) is 3.91. The van der Waals surface area contributed by atoms with Crippen LogP contribution < -0.4 is 5.32 Å². The predicted molar refractivity (Wildman–Crippen MR) is 112 cm³/mol. The summed E-state index contributed by atoms with van der Waals surface area (Å²) in [6.07, 6.45) is 0.748. The number of benzene rings is 2. The summed E-state index contributed by atoms with van der Waals surface area (Å²) in [5.41, 5.74) is 2.25. The van der Waals surface area contributed by atoms with Crippen LogP contribution in [-0.2, 0) is 19.5 Å². The number of amides is 1. The molecule has 2 heterocycles. The molecule has 1 amide bonds. The molecule has 0 radical (unpaired) electrons. The summed E-state index contributed by atoms with van der Waals surface area (Å²) in [6, 6.07) is 10.7. The van der Waals surface area contributed by atoms with E-state index in [0.717, 1.165) is 50.1 Å². The lowest BCUT2D eigenvalue weighted by Gasteiger charge is -2.21. The fourth-order valence-electron chi connectivity index (χ4n) is 3.91. The van der Waals surface area contributed by atoms with E-state index in [1.165, 1.54) is 11.1 Å². The Hall–Kier alpha value is -3.13. The highest BCUT2D eigenvalue weighted by atomic mass is 19.1. The molecule has 6 nitrogen and oxygen atoms in total. The SMILES string of the molecule is Cc1ccccc1CN1CCc2nnc(C(C)NC(=O)c3cc(F)ccc3F)n2CC1. The van der Waals surface area contributed by atoms with Gasteiger partial charge in [-0.2, -0.15) is 0 Å². The van der Waals surface area contributed by atoms with Crippen LogP contribution in [0.5, 0.6) is 0 Å². The van der Waals surface area contributed by atoms with Gasteiger partial charge in [0.2, 0.25) is 0 Å². The second-order valence-electron chi connectivity index (χ2n) is 7.90. The molecule has 1 atom stereocenters. The van der Waals surface area contributed by atoms with Crippen LogP contribution in [0.4, 0.5) is 8.78 Å². The fraction of sp³-hybridized carbons (Fsp3) is 0.348. The van der Waals surface area contributed by atoms with Crippen LogP contribution in [0.3, 0.4) is 0 Å². The zero-order valence-corrected chi connectivity index (χ0v) is 17.6. The average molecular weight is 425 g/mol. The van der Waals surface area contributed by atoms with Crippen molar-refractivity contribution < 1.29 is 13.6 Å². The predicted octanol–water partition coefficient (Wildman–Crippen LogP) is 3.41. The first-order chi connectivity index (χ1) is 14.9. The van der Waals surface area contributed by atoms with Crippen LogP contribution >= 0.6 is 0 Å². The van der Waals surface area contributed by atoms with Crippen LogP contribution in [0.2, 0.25) is 0 Å². The lowest BCUT2D eigenvalue weighted by molar-refractivity contribution is 0.0933. The number of fused-ring (bicyclic) bond motifs is 1. The van der Waals surface area contributed by atoms with Crippen molar-refractivity contribution >= 4 is 5.91 Å². The van der Waals surface area contributed by atoms with Gasteiger partial charge >= 0.3 is 0 Å². The number of rotatable bonds is 5. The Kier molecular flexibility index (Phi) is 6.08. The molecule has 0 saturated carbocycles. The molecule has 1 aromatic heterocycles. The highest BCUT2D eigenvalue weighted by Crippen LogP contribution is 2.19. The zero-order valence-electron chi connectivity index (χ0n) is 17.6. The van der Waals surface area contributed by atoms with Crippen LogP contribution in [0, 0.1) is 18.6 Å². The lowest BCUT2D eigenvalue weighted by Crippen LogP contribution is -2.30. The van der Waals surface area contributed by atoms with Gasteiger partial charge in [0.15, 0.2) is 5.82 Å². The molecule has 0 spiro atoms. The Bertz CT molecular complexity index is 1100. The second kappa shape index (κ2) is 8.93. The number of carbonyl (C=O) groups excluding carboxylic acids is 1. The number of aromatic nitrogens is 3. The average Bonchev–Trinajstić information content (AvgIpc) is 3.06. The molecule has 1 aliphatic rings. The largest absolute Gasteiger partial charge is 0.342 e. The highest BCUT2D eigenvalue weighted by Gasteiger charge is 2.24. The van der Waals surface area contributed by atoms with Gasteiger partial charge in [0.25, 0.3) is 5.91 Å². The normalized spacial score (nSPS) is 15.2. The first-order valence-corrected chi connectivity index (χ1v) is 10.4. The number of aryl methyl sites for hydroxylation is 1. The van der Waals surface area contributed by atoms with Gasteiger partial charge in [-0.1, -0.05) is 24.3 Å². The molecule has 31 heavy (non-hydrogen) atoms. The van der Waals surface area contributed by atoms with Crippen molar-refractivity contribution in [2.45, 2.75) is 39.4 Å². The summed E-state index contributed by atoms with van der Waals surface area (Å²) in [5, 5.41) is 11.3.